The van der Waals surface area contributed by atoms with E-state index in [0.717, 1.165) is 43.5 Å². The first kappa shape index (κ1) is 20.8. The van der Waals surface area contributed by atoms with Gasteiger partial charge in [0, 0.05) is 33.2 Å². The van der Waals surface area contributed by atoms with Crippen LogP contribution in [0.25, 0.3) is 0 Å². The zero-order valence-corrected chi connectivity index (χ0v) is 18.2. The van der Waals surface area contributed by atoms with Crippen molar-refractivity contribution in [1.82, 2.24) is 10.2 Å². The second-order valence-corrected chi connectivity index (χ2v) is 7.47. The zero-order valence-electron chi connectivity index (χ0n) is 15.8. The van der Waals surface area contributed by atoms with E-state index in [-0.39, 0.29) is 36.5 Å². The number of anilines is 1. The highest BCUT2D eigenvalue weighted by molar-refractivity contribution is 14.0. The Morgan fingerprint density at radius 2 is 2.12 bits per heavy atom. The van der Waals surface area contributed by atoms with Gasteiger partial charge < -0.3 is 19.9 Å². The van der Waals surface area contributed by atoms with Gasteiger partial charge >= 0.3 is 0 Å². The maximum atomic E-state index is 12.2. The molecule has 1 amide bonds. The average molecular weight is 472 g/mol. The number of guanidine groups is 1. The molecule has 0 spiro atoms. The predicted octanol–water partition coefficient (Wildman–Crippen LogP) is 2.73. The van der Waals surface area contributed by atoms with Crippen molar-refractivity contribution in [3.8, 4) is 5.75 Å². The average Bonchev–Trinajstić information content (AvgIpc) is 2.96. The van der Waals surface area contributed by atoms with Crippen LogP contribution in [0, 0.1) is 5.41 Å². The summed E-state index contributed by atoms with van der Waals surface area (Å²) in [6.07, 6.45) is 2.04. The molecule has 1 saturated heterocycles. The minimum absolute atomic E-state index is 0. The predicted molar refractivity (Wildman–Crippen MR) is 116 cm³/mol. The molecule has 1 aromatic rings. The van der Waals surface area contributed by atoms with E-state index in [2.05, 4.69) is 29.1 Å². The smallest absolute Gasteiger partial charge is 0.265 e. The molecule has 0 unspecified atom stereocenters. The van der Waals surface area contributed by atoms with Crippen molar-refractivity contribution in [3.05, 3.63) is 24.3 Å². The Labute approximate surface area is 173 Å². The van der Waals surface area contributed by atoms with E-state index in [9.17, 15) is 4.79 Å². The van der Waals surface area contributed by atoms with Crippen molar-refractivity contribution in [2.24, 2.45) is 10.4 Å². The van der Waals surface area contributed by atoms with Gasteiger partial charge in [-0.05, 0) is 30.4 Å². The molecule has 2 heterocycles. The van der Waals surface area contributed by atoms with Crippen LogP contribution < -0.4 is 15.0 Å². The Morgan fingerprint density at radius 3 is 2.81 bits per heavy atom. The fourth-order valence-electron chi connectivity index (χ4n) is 3.46. The van der Waals surface area contributed by atoms with Gasteiger partial charge in [0.05, 0.1) is 5.69 Å². The fourth-order valence-corrected chi connectivity index (χ4v) is 3.46. The van der Waals surface area contributed by atoms with Gasteiger partial charge in [0.1, 0.15) is 5.75 Å². The first-order valence-electron chi connectivity index (χ1n) is 8.98. The molecule has 144 valence electrons. The van der Waals surface area contributed by atoms with E-state index in [4.69, 9.17) is 4.74 Å². The number of carbonyl (C=O) groups is 1. The number of hydrogen-bond acceptors (Lipinski definition) is 3. The van der Waals surface area contributed by atoms with E-state index in [1.54, 1.807) is 0 Å². The highest BCUT2D eigenvalue weighted by Crippen LogP contribution is 2.31. The Bertz CT molecular complexity index is 663. The number of hydrogen-bond donors (Lipinski definition) is 1. The lowest BCUT2D eigenvalue weighted by molar-refractivity contribution is -0.121. The van der Waals surface area contributed by atoms with E-state index >= 15 is 0 Å². The standard InChI is InChI=1S/C19H28N4O2.HI/c1-19(2)9-12-22(14-19)18(20-3)21-10-6-11-23-15-7-4-5-8-16(15)25-13-17(23)24;/h4-5,7-8H,6,9-14H2,1-3H3,(H,20,21);1H. The van der Waals surface area contributed by atoms with Gasteiger partial charge in [0.15, 0.2) is 12.6 Å². The highest BCUT2D eigenvalue weighted by Gasteiger charge is 2.31. The lowest BCUT2D eigenvalue weighted by atomic mass is 9.93. The second kappa shape index (κ2) is 8.92. The summed E-state index contributed by atoms with van der Waals surface area (Å²) < 4.78 is 5.48. The number of aliphatic imine (C=N–C) groups is 1. The van der Waals surface area contributed by atoms with E-state index in [0.29, 0.717) is 12.0 Å². The van der Waals surface area contributed by atoms with Crippen LogP contribution in [0.15, 0.2) is 29.3 Å². The summed E-state index contributed by atoms with van der Waals surface area (Å²) in [5.74, 6) is 1.76. The summed E-state index contributed by atoms with van der Waals surface area (Å²) in [5, 5.41) is 3.43. The van der Waals surface area contributed by atoms with E-state index in [1.807, 2.05) is 36.2 Å². The normalized spacial score (nSPS) is 18.9. The minimum atomic E-state index is 0. The third-order valence-corrected chi connectivity index (χ3v) is 4.84. The van der Waals surface area contributed by atoms with Gasteiger partial charge in [-0.1, -0.05) is 26.0 Å². The third kappa shape index (κ3) is 4.81. The van der Waals surface area contributed by atoms with Crippen LogP contribution in [0.5, 0.6) is 5.75 Å². The molecule has 0 bridgehead atoms. The van der Waals surface area contributed by atoms with Gasteiger partial charge in [0.2, 0.25) is 0 Å². The Kier molecular flexibility index (Phi) is 7.14. The number of carbonyl (C=O) groups excluding carboxylic acids is 1. The SMILES string of the molecule is CN=C(NCCCN1C(=O)COc2ccccc21)N1CCC(C)(C)C1.I. The number of likely N-dealkylation sites (tertiary alicyclic amines) is 1. The molecule has 1 N–H and O–H groups in total. The second-order valence-electron chi connectivity index (χ2n) is 7.47. The van der Waals surface area contributed by atoms with Crippen molar-refractivity contribution in [1.29, 1.82) is 0 Å². The van der Waals surface area contributed by atoms with Gasteiger partial charge in [-0.2, -0.15) is 0 Å². The molecule has 0 atom stereocenters. The molecule has 0 saturated carbocycles. The summed E-state index contributed by atoms with van der Waals surface area (Å²) >= 11 is 0. The number of rotatable bonds is 4. The molecule has 1 aromatic carbocycles. The first-order chi connectivity index (χ1) is 12.0. The molecule has 1 fully saturated rings. The maximum absolute atomic E-state index is 12.2. The number of nitrogens with one attached hydrogen (secondary N) is 1. The highest BCUT2D eigenvalue weighted by atomic mass is 127. The fraction of sp³-hybridized carbons (Fsp3) is 0.579. The summed E-state index contributed by atoms with van der Waals surface area (Å²) in [6, 6.07) is 7.70. The van der Waals surface area contributed by atoms with Crippen LogP contribution >= 0.6 is 24.0 Å². The van der Waals surface area contributed by atoms with Crippen LogP contribution in [0.1, 0.15) is 26.7 Å². The zero-order chi connectivity index (χ0) is 17.9. The lowest BCUT2D eigenvalue weighted by Gasteiger charge is -2.29. The summed E-state index contributed by atoms with van der Waals surface area (Å²) in [6.45, 7) is 8.24. The molecule has 0 aromatic heterocycles. The quantitative estimate of drug-likeness (QED) is 0.317. The number of amides is 1. The number of benzene rings is 1. The van der Waals surface area contributed by atoms with Crippen molar-refractivity contribution >= 4 is 41.5 Å². The lowest BCUT2D eigenvalue weighted by Crippen LogP contribution is -2.43. The molecule has 26 heavy (non-hydrogen) atoms. The minimum Gasteiger partial charge on any atom is -0.482 e. The number of ether oxygens (including phenoxy) is 1. The molecule has 2 aliphatic heterocycles. The Hall–Kier alpha value is -1.51. The largest absolute Gasteiger partial charge is 0.482 e. The molecule has 7 heteroatoms. The number of halogens is 1. The van der Waals surface area contributed by atoms with Gasteiger partial charge in [0.25, 0.3) is 5.91 Å². The van der Waals surface area contributed by atoms with Crippen molar-refractivity contribution in [2.75, 3.05) is 44.7 Å². The van der Waals surface area contributed by atoms with Gasteiger partial charge in [-0.25, -0.2) is 0 Å². The molecule has 0 radical (unpaired) electrons. The number of nitrogens with zero attached hydrogens (tertiary/aromatic N) is 3. The summed E-state index contributed by atoms with van der Waals surface area (Å²) in [7, 11) is 1.83. The van der Waals surface area contributed by atoms with Crippen LogP contribution in [-0.2, 0) is 4.79 Å². The number of fused-ring (bicyclic) bond motifs is 1. The number of para-hydroxylation sites is 2. The van der Waals surface area contributed by atoms with Crippen molar-refractivity contribution in [2.45, 2.75) is 26.7 Å². The molecule has 0 aliphatic carbocycles. The van der Waals surface area contributed by atoms with Gasteiger partial charge in [-0.15, -0.1) is 24.0 Å². The molecular weight excluding hydrogens is 443 g/mol. The van der Waals surface area contributed by atoms with E-state index < -0.39 is 0 Å². The molecule has 2 aliphatic rings. The summed E-state index contributed by atoms with van der Waals surface area (Å²) in [5.41, 5.74) is 1.21. The van der Waals surface area contributed by atoms with Crippen LogP contribution in [0.3, 0.4) is 0 Å². The molecule has 3 rings (SSSR count). The van der Waals surface area contributed by atoms with Crippen molar-refractivity contribution in [3.63, 3.8) is 0 Å². The van der Waals surface area contributed by atoms with E-state index in [1.165, 1.54) is 6.42 Å². The van der Waals surface area contributed by atoms with Gasteiger partial charge in [-0.3, -0.25) is 9.79 Å². The topological polar surface area (TPSA) is 57.2 Å². The maximum Gasteiger partial charge on any atom is 0.265 e. The van der Waals surface area contributed by atoms with Crippen LogP contribution in [0.4, 0.5) is 5.69 Å². The van der Waals surface area contributed by atoms with Crippen molar-refractivity contribution < 1.29 is 9.53 Å². The molecular formula is C19H29IN4O2. The summed E-state index contributed by atoms with van der Waals surface area (Å²) in [4.78, 5) is 20.7. The van der Waals surface area contributed by atoms with Crippen LogP contribution in [-0.4, -0.2) is 56.6 Å². The third-order valence-electron chi connectivity index (χ3n) is 4.84. The Balaban J connectivity index is 0.00000243. The monoisotopic (exact) mass is 472 g/mol. The molecule has 6 nitrogen and oxygen atoms in total. The Morgan fingerprint density at radius 1 is 1.35 bits per heavy atom. The van der Waals surface area contributed by atoms with Crippen LogP contribution in [0.2, 0.25) is 0 Å². The first-order valence-corrected chi connectivity index (χ1v) is 8.98.